The number of carbonyl (C=O) groups is 1. The van der Waals surface area contributed by atoms with Crippen LogP contribution in [-0.2, 0) is 6.61 Å². The molecule has 0 N–H and O–H groups in total. The molecule has 0 radical (unpaired) electrons. The highest BCUT2D eigenvalue weighted by molar-refractivity contribution is 6.32. The van der Waals surface area contributed by atoms with Crippen LogP contribution in [0.4, 0.5) is 4.39 Å². The first-order valence-corrected chi connectivity index (χ1v) is 6.70. The summed E-state index contributed by atoms with van der Waals surface area (Å²) in [6.07, 6.45) is 0.648. The first-order valence-electron chi connectivity index (χ1n) is 5.95. The summed E-state index contributed by atoms with van der Waals surface area (Å²) in [5, 5.41) is 0.226. The van der Waals surface area contributed by atoms with E-state index < -0.39 is 5.82 Å². The molecule has 0 spiro atoms. The fourth-order valence-corrected chi connectivity index (χ4v) is 2.23. The molecule has 2 aromatic carbocycles. The quantitative estimate of drug-likeness (QED) is 0.756. The van der Waals surface area contributed by atoms with Crippen molar-refractivity contribution in [2.45, 2.75) is 6.61 Å². The minimum absolute atomic E-state index is 0.0189. The van der Waals surface area contributed by atoms with Gasteiger partial charge in [0.1, 0.15) is 18.7 Å². The fourth-order valence-electron chi connectivity index (χ4n) is 1.76. The molecule has 3 nitrogen and oxygen atoms in total. The van der Waals surface area contributed by atoms with E-state index in [4.69, 9.17) is 32.7 Å². The van der Waals surface area contributed by atoms with Gasteiger partial charge in [-0.05, 0) is 18.2 Å². The highest BCUT2D eigenvalue weighted by atomic mass is 35.5. The van der Waals surface area contributed by atoms with Crippen LogP contribution in [0.3, 0.4) is 0 Å². The molecule has 21 heavy (non-hydrogen) atoms. The molecule has 0 unspecified atom stereocenters. The SMILES string of the molecule is COc1cc(C=O)cc(Cl)c1OCc1cccc(Cl)c1F. The molecule has 0 heterocycles. The van der Waals surface area contributed by atoms with Gasteiger partial charge in [0, 0.05) is 11.1 Å². The van der Waals surface area contributed by atoms with Crippen LogP contribution in [0.25, 0.3) is 0 Å². The summed E-state index contributed by atoms with van der Waals surface area (Å²) in [6, 6.07) is 7.57. The van der Waals surface area contributed by atoms with Crippen molar-refractivity contribution in [3.05, 3.63) is 57.3 Å². The van der Waals surface area contributed by atoms with Crippen molar-refractivity contribution in [2.75, 3.05) is 7.11 Å². The molecule has 0 saturated carbocycles. The molecule has 0 saturated heterocycles. The zero-order chi connectivity index (χ0) is 15.4. The zero-order valence-electron chi connectivity index (χ0n) is 11.0. The molecular formula is C15H11Cl2FO3. The van der Waals surface area contributed by atoms with Crippen molar-refractivity contribution in [3.63, 3.8) is 0 Å². The molecular weight excluding hydrogens is 318 g/mol. The molecule has 0 aliphatic carbocycles. The van der Waals surface area contributed by atoms with Gasteiger partial charge in [-0.3, -0.25) is 4.79 Å². The fraction of sp³-hybridized carbons (Fsp3) is 0.133. The lowest BCUT2D eigenvalue weighted by Gasteiger charge is -2.13. The third kappa shape index (κ3) is 3.46. The van der Waals surface area contributed by atoms with Gasteiger partial charge in [-0.15, -0.1) is 0 Å². The lowest BCUT2D eigenvalue weighted by molar-refractivity contribution is 0.112. The second-order valence-electron chi connectivity index (χ2n) is 4.15. The van der Waals surface area contributed by atoms with Crippen LogP contribution < -0.4 is 9.47 Å². The largest absolute Gasteiger partial charge is 0.493 e. The standard InChI is InChI=1S/C15H11Cl2FO3/c1-20-13-6-9(7-19)5-12(17)15(13)21-8-10-3-2-4-11(16)14(10)18/h2-7H,8H2,1H3. The number of carbonyl (C=O) groups excluding carboxylic acids is 1. The van der Waals surface area contributed by atoms with Crippen LogP contribution in [0.5, 0.6) is 11.5 Å². The molecule has 0 aromatic heterocycles. The molecule has 0 aliphatic heterocycles. The van der Waals surface area contributed by atoms with Crippen molar-refractivity contribution >= 4 is 29.5 Å². The van der Waals surface area contributed by atoms with Gasteiger partial charge in [-0.2, -0.15) is 0 Å². The van der Waals surface area contributed by atoms with Crippen molar-refractivity contribution < 1.29 is 18.7 Å². The number of hydrogen-bond acceptors (Lipinski definition) is 3. The van der Waals surface area contributed by atoms with E-state index in [1.165, 1.54) is 25.3 Å². The van der Waals surface area contributed by atoms with Gasteiger partial charge in [-0.25, -0.2) is 4.39 Å². The Morgan fingerprint density at radius 1 is 1.24 bits per heavy atom. The summed E-state index contributed by atoms with van der Waals surface area (Å²) < 4.78 is 24.4. The van der Waals surface area contributed by atoms with E-state index in [1.807, 2.05) is 0 Å². The molecule has 110 valence electrons. The van der Waals surface area contributed by atoms with Gasteiger partial charge in [0.2, 0.25) is 0 Å². The van der Waals surface area contributed by atoms with Crippen LogP contribution >= 0.6 is 23.2 Å². The van der Waals surface area contributed by atoms with E-state index in [2.05, 4.69) is 0 Å². The Kier molecular flexibility index (Phi) is 5.04. The second kappa shape index (κ2) is 6.78. The third-order valence-corrected chi connectivity index (χ3v) is 3.36. The lowest BCUT2D eigenvalue weighted by atomic mass is 10.2. The van der Waals surface area contributed by atoms with Gasteiger partial charge in [-0.1, -0.05) is 35.3 Å². The molecule has 2 aromatic rings. The Morgan fingerprint density at radius 2 is 2.00 bits per heavy atom. The number of rotatable bonds is 5. The molecule has 0 amide bonds. The van der Waals surface area contributed by atoms with Gasteiger partial charge in [0.05, 0.1) is 17.2 Å². The van der Waals surface area contributed by atoms with Gasteiger partial charge in [0.15, 0.2) is 11.5 Å². The normalized spacial score (nSPS) is 10.3. The maximum absolute atomic E-state index is 13.8. The van der Waals surface area contributed by atoms with E-state index in [-0.39, 0.29) is 22.4 Å². The second-order valence-corrected chi connectivity index (χ2v) is 4.97. The number of ether oxygens (including phenoxy) is 2. The van der Waals surface area contributed by atoms with Gasteiger partial charge >= 0.3 is 0 Å². The number of aldehydes is 1. The number of hydrogen-bond donors (Lipinski definition) is 0. The Morgan fingerprint density at radius 3 is 2.67 bits per heavy atom. The predicted molar refractivity (Wildman–Crippen MR) is 79.1 cm³/mol. The van der Waals surface area contributed by atoms with E-state index in [0.717, 1.165) is 0 Å². The Labute approximate surface area is 131 Å². The summed E-state index contributed by atoms with van der Waals surface area (Å²) in [4.78, 5) is 10.8. The van der Waals surface area contributed by atoms with E-state index in [1.54, 1.807) is 12.1 Å². The van der Waals surface area contributed by atoms with Crippen molar-refractivity contribution in [1.82, 2.24) is 0 Å². The molecule has 0 fully saturated rings. The van der Waals surface area contributed by atoms with Gasteiger partial charge < -0.3 is 9.47 Å². The Hall–Kier alpha value is -1.78. The highest BCUT2D eigenvalue weighted by Gasteiger charge is 2.14. The maximum Gasteiger partial charge on any atom is 0.180 e. The van der Waals surface area contributed by atoms with Crippen LogP contribution in [0, 0.1) is 5.82 Å². The average molecular weight is 329 g/mol. The third-order valence-electron chi connectivity index (χ3n) is 2.79. The van der Waals surface area contributed by atoms with Crippen LogP contribution in [0.2, 0.25) is 10.0 Å². The zero-order valence-corrected chi connectivity index (χ0v) is 12.5. The highest BCUT2D eigenvalue weighted by Crippen LogP contribution is 2.36. The Bertz CT molecular complexity index is 674. The van der Waals surface area contributed by atoms with Crippen LogP contribution in [0.15, 0.2) is 30.3 Å². The summed E-state index contributed by atoms with van der Waals surface area (Å²) >= 11 is 11.8. The summed E-state index contributed by atoms with van der Waals surface area (Å²) in [5.41, 5.74) is 0.651. The van der Waals surface area contributed by atoms with Crippen molar-refractivity contribution in [1.29, 1.82) is 0 Å². The maximum atomic E-state index is 13.8. The molecule has 0 aliphatic rings. The summed E-state index contributed by atoms with van der Waals surface area (Å²) in [5.74, 6) is -0.00468. The van der Waals surface area contributed by atoms with E-state index in [0.29, 0.717) is 23.2 Å². The van der Waals surface area contributed by atoms with Gasteiger partial charge in [0.25, 0.3) is 0 Å². The minimum Gasteiger partial charge on any atom is -0.493 e. The molecule has 0 atom stereocenters. The van der Waals surface area contributed by atoms with E-state index in [9.17, 15) is 9.18 Å². The summed E-state index contributed by atoms with van der Waals surface area (Å²) in [6.45, 7) is -0.0666. The van der Waals surface area contributed by atoms with E-state index >= 15 is 0 Å². The lowest BCUT2D eigenvalue weighted by Crippen LogP contribution is -2.01. The molecule has 0 bridgehead atoms. The van der Waals surface area contributed by atoms with Crippen LogP contribution in [-0.4, -0.2) is 13.4 Å². The first-order chi connectivity index (χ1) is 10.1. The average Bonchev–Trinajstić information content (AvgIpc) is 2.49. The molecule has 2 rings (SSSR count). The molecule has 6 heteroatoms. The number of benzene rings is 2. The van der Waals surface area contributed by atoms with Crippen molar-refractivity contribution in [2.24, 2.45) is 0 Å². The van der Waals surface area contributed by atoms with Crippen molar-refractivity contribution in [3.8, 4) is 11.5 Å². The minimum atomic E-state index is -0.543. The topological polar surface area (TPSA) is 35.5 Å². The Balaban J connectivity index is 2.27. The van der Waals surface area contributed by atoms with Crippen LogP contribution in [0.1, 0.15) is 15.9 Å². The number of methoxy groups -OCH3 is 1. The smallest absolute Gasteiger partial charge is 0.180 e. The monoisotopic (exact) mass is 328 g/mol. The number of halogens is 3. The predicted octanol–water partition coefficient (Wildman–Crippen LogP) is 4.53. The first kappa shape index (κ1) is 15.6. The summed E-state index contributed by atoms with van der Waals surface area (Å²) in [7, 11) is 1.42.